The van der Waals surface area contributed by atoms with Gasteiger partial charge in [-0.2, -0.15) is 0 Å². The maximum Gasteiger partial charge on any atom is 0.197 e. The van der Waals surface area contributed by atoms with Crippen molar-refractivity contribution in [1.82, 2.24) is 0 Å². The van der Waals surface area contributed by atoms with E-state index in [2.05, 4.69) is 0 Å². The summed E-state index contributed by atoms with van der Waals surface area (Å²) in [6.07, 6.45) is 0. The molecule has 2 rings (SSSR count). The zero-order chi connectivity index (χ0) is 14.0. The van der Waals surface area contributed by atoms with Crippen LogP contribution < -0.4 is 14.9 Å². The second-order valence-corrected chi connectivity index (χ2v) is 5.41. The Morgan fingerprint density at radius 2 is 1.84 bits per heavy atom. The first-order valence-corrected chi connectivity index (χ1v) is 7.01. The molecule has 2 aromatic rings. The van der Waals surface area contributed by atoms with Gasteiger partial charge in [-0.05, 0) is 12.1 Å². The fraction of sp³-hybridized carbons (Fsp3) is 0.308. The summed E-state index contributed by atoms with van der Waals surface area (Å²) in [6, 6.07) is 4.52. The highest BCUT2D eigenvalue weighted by atomic mass is 32.2. The van der Waals surface area contributed by atoms with Crippen LogP contribution in [0.5, 0.6) is 11.5 Å². The Labute approximate surface area is 112 Å². The van der Waals surface area contributed by atoms with Crippen molar-refractivity contribution in [3.8, 4) is 11.5 Å². The molecular formula is C13H14O5S. The first-order chi connectivity index (χ1) is 9.12. The molecule has 0 aliphatic heterocycles. The summed E-state index contributed by atoms with van der Waals surface area (Å²) in [4.78, 5) is 12.1. The summed E-state index contributed by atoms with van der Waals surface area (Å²) >= 11 is 0. The van der Waals surface area contributed by atoms with Crippen LogP contribution in [-0.2, 0) is 10.8 Å². The van der Waals surface area contributed by atoms with E-state index in [1.165, 1.54) is 20.3 Å². The van der Waals surface area contributed by atoms with Gasteiger partial charge >= 0.3 is 0 Å². The van der Waals surface area contributed by atoms with Crippen LogP contribution in [-0.4, -0.2) is 24.2 Å². The van der Waals surface area contributed by atoms with Gasteiger partial charge in [-0.1, -0.05) is 6.92 Å². The van der Waals surface area contributed by atoms with Crippen molar-refractivity contribution in [2.24, 2.45) is 0 Å². The monoisotopic (exact) mass is 282 g/mol. The minimum absolute atomic E-state index is 0.145. The van der Waals surface area contributed by atoms with E-state index >= 15 is 0 Å². The average molecular weight is 282 g/mol. The highest BCUT2D eigenvalue weighted by molar-refractivity contribution is 7.84. The van der Waals surface area contributed by atoms with E-state index < -0.39 is 10.8 Å². The van der Waals surface area contributed by atoms with Crippen LogP contribution in [0.25, 0.3) is 11.0 Å². The molecular weight excluding hydrogens is 268 g/mol. The third kappa shape index (κ3) is 2.35. The zero-order valence-corrected chi connectivity index (χ0v) is 11.7. The minimum Gasteiger partial charge on any atom is -0.496 e. The van der Waals surface area contributed by atoms with E-state index in [-0.39, 0.29) is 16.1 Å². The van der Waals surface area contributed by atoms with E-state index in [0.29, 0.717) is 22.6 Å². The van der Waals surface area contributed by atoms with E-state index in [4.69, 9.17) is 13.9 Å². The Balaban J connectivity index is 2.86. The van der Waals surface area contributed by atoms with Gasteiger partial charge in [-0.15, -0.1) is 0 Å². The number of methoxy groups -OCH3 is 2. The molecule has 6 heteroatoms. The Kier molecular flexibility index (Phi) is 3.90. The Morgan fingerprint density at radius 3 is 2.42 bits per heavy atom. The van der Waals surface area contributed by atoms with Crippen molar-refractivity contribution in [3.05, 3.63) is 28.4 Å². The normalized spacial score (nSPS) is 12.4. The molecule has 0 N–H and O–H groups in total. The van der Waals surface area contributed by atoms with E-state index in [1.54, 1.807) is 19.1 Å². The van der Waals surface area contributed by atoms with Crippen LogP contribution in [0.2, 0.25) is 0 Å². The number of hydrogen-bond donors (Lipinski definition) is 0. The lowest BCUT2D eigenvalue weighted by Gasteiger charge is -2.09. The van der Waals surface area contributed by atoms with Crippen LogP contribution in [0.15, 0.2) is 32.5 Å². The lowest BCUT2D eigenvalue weighted by atomic mass is 10.2. The zero-order valence-electron chi connectivity index (χ0n) is 10.9. The summed E-state index contributed by atoms with van der Waals surface area (Å²) in [5.41, 5.74) is -0.0417. The van der Waals surface area contributed by atoms with Crippen LogP contribution >= 0.6 is 0 Å². The van der Waals surface area contributed by atoms with Gasteiger partial charge in [0.25, 0.3) is 0 Å². The molecule has 1 aromatic carbocycles. The van der Waals surface area contributed by atoms with Gasteiger partial charge in [0.15, 0.2) is 21.9 Å². The lowest BCUT2D eigenvalue weighted by molar-refractivity contribution is 0.392. The molecule has 0 amide bonds. The predicted octanol–water partition coefficient (Wildman–Crippen LogP) is 1.94. The summed E-state index contributed by atoms with van der Waals surface area (Å²) < 4.78 is 27.6. The number of rotatable bonds is 4. The maximum atomic E-state index is 12.1. The topological polar surface area (TPSA) is 65.7 Å². The average Bonchev–Trinajstić information content (AvgIpc) is 2.44. The van der Waals surface area contributed by atoms with Crippen LogP contribution in [0.3, 0.4) is 0 Å². The SMILES string of the molecule is CCS(=O)c1cc(=O)c2c(OC)ccc(OC)c2o1. The third-order valence-corrected chi connectivity index (χ3v) is 3.88. The molecule has 0 radical (unpaired) electrons. The van der Waals surface area contributed by atoms with Gasteiger partial charge in [-0.25, -0.2) is 0 Å². The third-order valence-electron chi connectivity index (χ3n) is 2.71. The Hall–Kier alpha value is -1.82. The van der Waals surface area contributed by atoms with Crippen molar-refractivity contribution in [1.29, 1.82) is 0 Å². The second-order valence-electron chi connectivity index (χ2n) is 3.74. The van der Waals surface area contributed by atoms with Crippen molar-refractivity contribution in [2.75, 3.05) is 20.0 Å². The van der Waals surface area contributed by atoms with Gasteiger partial charge in [0.1, 0.15) is 11.1 Å². The van der Waals surface area contributed by atoms with Crippen molar-refractivity contribution in [3.63, 3.8) is 0 Å². The molecule has 0 saturated heterocycles. The summed E-state index contributed by atoms with van der Waals surface area (Å²) in [5.74, 6) is 1.18. The van der Waals surface area contributed by atoms with Gasteiger partial charge < -0.3 is 13.9 Å². The summed E-state index contributed by atoms with van der Waals surface area (Å²) in [7, 11) is 1.61. The number of benzene rings is 1. The van der Waals surface area contributed by atoms with Gasteiger partial charge in [0, 0.05) is 11.8 Å². The molecule has 0 aliphatic carbocycles. The first kappa shape index (κ1) is 13.6. The summed E-state index contributed by atoms with van der Waals surface area (Å²) in [5, 5.41) is 0.435. The molecule has 102 valence electrons. The highest BCUT2D eigenvalue weighted by Crippen LogP contribution is 2.31. The molecule has 0 bridgehead atoms. The molecule has 1 heterocycles. The van der Waals surface area contributed by atoms with Crippen molar-refractivity contribution >= 4 is 21.8 Å². The predicted molar refractivity (Wildman–Crippen MR) is 72.5 cm³/mol. The molecule has 0 aliphatic rings. The minimum atomic E-state index is -1.34. The van der Waals surface area contributed by atoms with Crippen LogP contribution in [0.4, 0.5) is 0 Å². The molecule has 0 spiro atoms. The standard InChI is InChI=1S/C13H14O5S/c1-4-19(15)11-7-8(14)12-9(16-2)5-6-10(17-3)13(12)18-11/h5-7H,4H2,1-3H3. The molecule has 5 nitrogen and oxygen atoms in total. The fourth-order valence-corrected chi connectivity index (χ4v) is 2.47. The molecule has 1 aromatic heterocycles. The molecule has 1 unspecified atom stereocenters. The second kappa shape index (κ2) is 5.44. The van der Waals surface area contributed by atoms with Crippen molar-refractivity contribution in [2.45, 2.75) is 12.0 Å². The largest absolute Gasteiger partial charge is 0.496 e. The molecule has 0 saturated carbocycles. The number of fused-ring (bicyclic) bond motifs is 1. The lowest BCUT2D eigenvalue weighted by Crippen LogP contribution is -2.06. The Bertz CT molecular complexity index is 689. The van der Waals surface area contributed by atoms with Crippen LogP contribution in [0.1, 0.15) is 6.92 Å². The van der Waals surface area contributed by atoms with E-state index in [1.807, 2.05) is 0 Å². The highest BCUT2D eigenvalue weighted by Gasteiger charge is 2.16. The molecule has 1 atom stereocenters. The van der Waals surface area contributed by atoms with Crippen molar-refractivity contribution < 1.29 is 18.1 Å². The van der Waals surface area contributed by atoms with Gasteiger partial charge in [0.2, 0.25) is 0 Å². The smallest absolute Gasteiger partial charge is 0.197 e. The quantitative estimate of drug-likeness (QED) is 0.857. The summed E-state index contributed by atoms with van der Waals surface area (Å²) in [6.45, 7) is 1.75. The molecule has 0 fully saturated rings. The number of hydrogen-bond acceptors (Lipinski definition) is 5. The fourth-order valence-electron chi connectivity index (χ4n) is 1.77. The van der Waals surface area contributed by atoms with E-state index in [0.717, 1.165) is 0 Å². The number of ether oxygens (including phenoxy) is 2. The van der Waals surface area contributed by atoms with Gasteiger partial charge in [0.05, 0.1) is 25.0 Å². The van der Waals surface area contributed by atoms with Crippen LogP contribution in [0, 0.1) is 0 Å². The Morgan fingerprint density at radius 1 is 1.21 bits per heavy atom. The van der Waals surface area contributed by atoms with Gasteiger partial charge in [-0.3, -0.25) is 9.00 Å². The maximum absolute atomic E-state index is 12.1. The first-order valence-electron chi connectivity index (χ1n) is 5.69. The van der Waals surface area contributed by atoms with E-state index in [9.17, 15) is 9.00 Å². The molecule has 19 heavy (non-hydrogen) atoms.